The first-order valence-corrected chi connectivity index (χ1v) is 6.47. The second-order valence-electron chi connectivity index (χ2n) is 4.72. The van der Waals surface area contributed by atoms with Crippen LogP contribution in [0.1, 0.15) is 19.4 Å². The van der Waals surface area contributed by atoms with Crippen molar-refractivity contribution < 1.29 is 14.3 Å². The van der Waals surface area contributed by atoms with Crippen LogP contribution in [0.3, 0.4) is 0 Å². The van der Waals surface area contributed by atoms with E-state index in [0.717, 1.165) is 5.56 Å². The summed E-state index contributed by atoms with van der Waals surface area (Å²) in [5.41, 5.74) is -0.0825. The molecule has 0 saturated heterocycles. The lowest BCUT2D eigenvalue weighted by Crippen LogP contribution is -2.51. The van der Waals surface area contributed by atoms with Gasteiger partial charge in [-0.25, -0.2) is 4.79 Å². The Morgan fingerprint density at radius 3 is 2.37 bits per heavy atom. The number of nitrogens with zero attached hydrogens (tertiary/aromatic N) is 1. The third-order valence-corrected chi connectivity index (χ3v) is 3.36. The summed E-state index contributed by atoms with van der Waals surface area (Å²) in [4.78, 5) is 24.8. The Hall–Kier alpha value is -1.55. The standard InChI is InChI=1S/C14H18ClNO3/c1-14(2,12(17)9-15)16(3)13(18)19-10-11-7-5-4-6-8-11/h4-8H,9-10H2,1-3H3. The molecule has 19 heavy (non-hydrogen) atoms. The molecule has 0 heterocycles. The van der Waals surface area contributed by atoms with Crippen LogP contribution in [0.5, 0.6) is 0 Å². The minimum absolute atomic E-state index is 0.136. The number of ketones is 1. The monoisotopic (exact) mass is 283 g/mol. The van der Waals surface area contributed by atoms with E-state index in [1.807, 2.05) is 30.3 Å². The molecule has 0 fully saturated rings. The molecule has 0 aliphatic rings. The number of amides is 1. The number of alkyl halides is 1. The van der Waals surface area contributed by atoms with Gasteiger partial charge in [-0.2, -0.15) is 0 Å². The maximum atomic E-state index is 11.9. The second-order valence-corrected chi connectivity index (χ2v) is 4.98. The first-order valence-electron chi connectivity index (χ1n) is 5.93. The van der Waals surface area contributed by atoms with Gasteiger partial charge in [-0.1, -0.05) is 30.3 Å². The van der Waals surface area contributed by atoms with E-state index >= 15 is 0 Å². The van der Waals surface area contributed by atoms with E-state index in [-0.39, 0.29) is 18.3 Å². The lowest BCUT2D eigenvalue weighted by molar-refractivity contribution is -0.125. The van der Waals surface area contributed by atoms with Crippen LogP contribution in [0.15, 0.2) is 30.3 Å². The minimum atomic E-state index is -0.977. The van der Waals surface area contributed by atoms with Gasteiger partial charge in [-0.3, -0.25) is 9.69 Å². The van der Waals surface area contributed by atoms with E-state index in [1.165, 1.54) is 11.9 Å². The topological polar surface area (TPSA) is 46.6 Å². The molecule has 0 aromatic heterocycles. The molecule has 0 spiro atoms. The Kier molecular flexibility index (Phi) is 5.36. The molecular weight excluding hydrogens is 266 g/mol. The summed E-state index contributed by atoms with van der Waals surface area (Å²) in [6.45, 7) is 3.46. The van der Waals surface area contributed by atoms with Crippen LogP contribution in [0.25, 0.3) is 0 Å². The zero-order valence-electron chi connectivity index (χ0n) is 11.4. The SMILES string of the molecule is CN(C(=O)OCc1ccccc1)C(C)(C)C(=O)CCl. The van der Waals surface area contributed by atoms with Crippen LogP contribution >= 0.6 is 11.6 Å². The lowest BCUT2D eigenvalue weighted by Gasteiger charge is -2.32. The van der Waals surface area contributed by atoms with Gasteiger partial charge in [0, 0.05) is 7.05 Å². The molecule has 0 unspecified atom stereocenters. The molecule has 0 saturated carbocycles. The summed E-state index contributed by atoms with van der Waals surface area (Å²) < 4.78 is 5.16. The van der Waals surface area contributed by atoms with Crippen LogP contribution in [-0.2, 0) is 16.1 Å². The van der Waals surface area contributed by atoms with Gasteiger partial charge in [0.25, 0.3) is 0 Å². The van der Waals surface area contributed by atoms with Crippen LogP contribution < -0.4 is 0 Å². The van der Waals surface area contributed by atoms with Gasteiger partial charge in [0.15, 0.2) is 5.78 Å². The lowest BCUT2D eigenvalue weighted by atomic mass is 9.99. The number of benzene rings is 1. The molecule has 0 atom stereocenters. The summed E-state index contributed by atoms with van der Waals surface area (Å²) >= 11 is 5.53. The Morgan fingerprint density at radius 1 is 1.26 bits per heavy atom. The Bertz CT molecular complexity index is 445. The van der Waals surface area contributed by atoms with Crippen molar-refractivity contribution >= 4 is 23.5 Å². The summed E-state index contributed by atoms with van der Waals surface area (Å²) in [6, 6.07) is 9.35. The van der Waals surface area contributed by atoms with Gasteiger partial charge >= 0.3 is 6.09 Å². The van der Waals surface area contributed by atoms with Gasteiger partial charge in [-0.15, -0.1) is 11.6 Å². The molecule has 1 amide bonds. The zero-order valence-corrected chi connectivity index (χ0v) is 12.1. The van der Waals surface area contributed by atoms with Crippen molar-refractivity contribution in [1.29, 1.82) is 0 Å². The smallest absolute Gasteiger partial charge is 0.410 e. The molecule has 0 radical (unpaired) electrons. The summed E-state index contributed by atoms with van der Waals surface area (Å²) in [5.74, 6) is -0.364. The molecule has 0 aliphatic carbocycles. The second kappa shape index (κ2) is 6.57. The first-order chi connectivity index (χ1) is 8.89. The van der Waals surface area contributed by atoms with Gasteiger partial charge in [0.2, 0.25) is 0 Å². The quantitative estimate of drug-likeness (QED) is 0.781. The average molecular weight is 284 g/mol. The number of halogens is 1. The normalized spacial score (nSPS) is 10.9. The minimum Gasteiger partial charge on any atom is -0.445 e. The highest BCUT2D eigenvalue weighted by molar-refractivity contribution is 6.29. The summed E-state index contributed by atoms with van der Waals surface area (Å²) in [7, 11) is 1.53. The van der Waals surface area contributed by atoms with E-state index in [1.54, 1.807) is 13.8 Å². The van der Waals surface area contributed by atoms with E-state index in [4.69, 9.17) is 16.3 Å². The largest absolute Gasteiger partial charge is 0.445 e. The van der Waals surface area contributed by atoms with Crippen molar-refractivity contribution in [3.63, 3.8) is 0 Å². The Labute approximate surface area is 118 Å². The molecule has 1 aromatic rings. The van der Waals surface area contributed by atoms with Gasteiger partial charge in [0.1, 0.15) is 6.61 Å². The molecule has 1 rings (SSSR count). The molecule has 0 bridgehead atoms. The highest BCUT2D eigenvalue weighted by atomic mass is 35.5. The maximum absolute atomic E-state index is 11.9. The first kappa shape index (κ1) is 15.5. The van der Waals surface area contributed by atoms with Crippen molar-refractivity contribution in [3.8, 4) is 0 Å². The van der Waals surface area contributed by atoms with Crippen molar-refractivity contribution in [2.45, 2.75) is 26.0 Å². The number of likely N-dealkylation sites (N-methyl/N-ethyl adjacent to an activating group) is 1. The predicted octanol–water partition coefficient (Wildman–Crippen LogP) is 2.84. The highest BCUT2D eigenvalue weighted by Gasteiger charge is 2.35. The van der Waals surface area contributed by atoms with Crippen molar-refractivity contribution in [2.75, 3.05) is 12.9 Å². The van der Waals surface area contributed by atoms with E-state index in [0.29, 0.717) is 0 Å². The zero-order chi connectivity index (χ0) is 14.5. The number of hydrogen-bond donors (Lipinski definition) is 0. The van der Waals surface area contributed by atoms with E-state index in [2.05, 4.69) is 0 Å². The van der Waals surface area contributed by atoms with Crippen LogP contribution in [0, 0.1) is 0 Å². The molecule has 0 N–H and O–H groups in total. The number of ether oxygens (including phenoxy) is 1. The highest BCUT2D eigenvalue weighted by Crippen LogP contribution is 2.16. The third kappa shape index (κ3) is 3.96. The summed E-state index contributed by atoms with van der Waals surface area (Å²) in [5, 5.41) is 0. The molecular formula is C14H18ClNO3. The number of carbonyl (C=O) groups is 2. The predicted molar refractivity (Wildman–Crippen MR) is 74.2 cm³/mol. The summed E-state index contributed by atoms with van der Waals surface area (Å²) in [6.07, 6.45) is -0.549. The van der Waals surface area contributed by atoms with Crippen molar-refractivity contribution in [1.82, 2.24) is 4.90 Å². The fraction of sp³-hybridized carbons (Fsp3) is 0.429. The fourth-order valence-corrected chi connectivity index (χ4v) is 1.72. The molecule has 5 heteroatoms. The van der Waals surface area contributed by atoms with Crippen LogP contribution in [-0.4, -0.2) is 35.2 Å². The third-order valence-electron chi connectivity index (χ3n) is 3.12. The van der Waals surface area contributed by atoms with Crippen LogP contribution in [0.4, 0.5) is 4.79 Å². The van der Waals surface area contributed by atoms with E-state index < -0.39 is 11.6 Å². The Balaban J connectivity index is 2.61. The maximum Gasteiger partial charge on any atom is 0.410 e. The Morgan fingerprint density at radius 2 is 1.84 bits per heavy atom. The van der Waals surface area contributed by atoms with Gasteiger partial charge in [0.05, 0.1) is 11.4 Å². The van der Waals surface area contributed by atoms with Crippen molar-refractivity contribution in [3.05, 3.63) is 35.9 Å². The number of hydrogen-bond acceptors (Lipinski definition) is 3. The molecule has 0 aliphatic heterocycles. The number of Topliss-reactive ketones (excluding diaryl/α,β-unsaturated/α-hetero) is 1. The molecule has 1 aromatic carbocycles. The average Bonchev–Trinajstić information content (AvgIpc) is 2.43. The van der Waals surface area contributed by atoms with Crippen molar-refractivity contribution in [2.24, 2.45) is 0 Å². The fourth-order valence-electron chi connectivity index (χ4n) is 1.39. The van der Waals surface area contributed by atoms with Gasteiger partial charge in [-0.05, 0) is 19.4 Å². The molecule has 4 nitrogen and oxygen atoms in total. The number of rotatable bonds is 5. The molecule has 104 valence electrons. The number of carbonyl (C=O) groups excluding carboxylic acids is 2. The van der Waals surface area contributed by atoms with Crippen LogP contribution in [0.2, 0.25) is 0 Å². The van der Waals surface area contributed by atoms with Gasteiger partial charge < -0.3 is 4.74 Å². The van der Waals surface area contributed by atoms with E-state index in [9.17, 15) is 9.59 Å².